The molecular weight excluding hydrogens is 230 g/mol. The molecule has 96 valence electrons. The first-order chi connectivity index (χ1) is 7.10. The smallest absolute Gasteiger partial charge is 0.239 e. The van der Waals surface area contributed by atoms with Gasteiger partial charge in [-0.05, 0) is 20.4 Å². The van der Waals surface area contributed by atoms with E-state index in [-0.39, 0.29) is 36.8 Å². The maximum Gasteiger partial charge on any atom is 0.239 e. The Balaban J connectivity index is 0. The third-order valence-corrected chi connectivity index (χ3v) is 2.02. The van der Waals surface area contributed by atoms with Crippen LogP contribution in [0.3, 0.4) is 0 Å². The van der Waals surface area contributed by atoms with Gasteiger partial charge in [-0.3, -0.25) is 9.59 Å². The second-order valence-corrected chi connectivity index (χ2v) is 3.52. The molecule has 0 aliphatic heterocycles. The Morgan fingerprint density at radius 3 is 2.31 bits per heavy atom. The Kier molecular flexibility index (Phi) is 11.8. The summed E-state index contributed by atoms with van der Waals surface area (Å²) in [5.74, 6) is -0.226. The number of carbonyl (C=O) groups excluding carboxylic acids is 2. The minimum atomic E-state index is -0.151. The van der Waals surface area contributed by atoms with Gasteiger partial charge in [0.2, 0.25) is 11.8 Å². The highest BCUT2D eigenvalue weighted by Crippen LogP contribution is 1.84. The highest BCUT2D eigenvalue weighted by atomic mass is 35.5. The molecule has 0 bridgehead atoms. The molecule has 0 aromatic rings. The quantitative estimate of drug-likeness (QED) is 0.599. The molecule has 6 heteroatoms. The van der Waals surface area contributed by atoms with E-state index in [4.69, 9.17) is 0 Å². The summed E-state index contributed by atoms with van der Waals surface area (Å²) in [6.45, 7) is 4.53. The minimum absolute atomic E-state index is 0. The number of hydrogen-bond donors (Lipinski definition) is 3. The molecule has 0 rings (SSSR count). The van der Waals surface area contributed by atoms with E-state index in [1.807, 2.05) is 20.9 Å². The number of hydrogen-bond acceptors (Lipinski definition) is 3. The first-order valence-corrected chi connectivity index (χ1v) is 5.30. The first-order valence-electron chi connectivity index (χ1n) is 5.30. The molecule has 0 aromatic carbocycles. The average Bonchev–Trinajstić information content (AvgIpc) is 2.23. The molecule has 0 saturated heterocycles. The van der Waals surface area contributed by atoms with Crippen LogP contribution in [0.5, 0.6) is 0 Å². The Hall–Kier alpha value is -0.810. The van der Waals surface area contributed by atoms with Crippen LogP contribution in [-0.4, -0.2) is 38.0 Å². The molecule has 0 aromatic heterocycles. The van der Waals surface area contributed by atoms with Crippen LogP contribution in [0.1, 0.15) is 26.7 Å². The van der Waals surface area contributed by atoms with E-state index >= 15 is 0 Å². The van der Waals surface area contributed by atoms with Crippen LogP contribution in [0.25, 0.3) is 0 Å². The van der Waals surface area contributed by atoms with Crippen LogP contribution in [0.15, 0.2) is 0 Å². The minimum Gasteiger partial charge on any atom is -0.353 e. The van der Waals surface area contributed by atoms with Crippen molar-refractivity contribution in [3.63, 3.8) is 0 Å². The second-order valence-electron chi connectivity index (χ2n) is 3.52. The predicted octanol–water partition coefficient (Wildman–Crippen LogP) is 0.0486. The van der Waals surface area contributed by atoms with Crippen molar-refractivity contribution in [1.29, 1.82) is 0 Å². The Morgan fingerprint density at radius 1 is 1.19 bits per heavy atom. The van der Waals surface area contributed by atoms with Crippen LogP contribution in [0.2, 0.25) is 0 Å². The zero-order chi connectivity index (χ0) is 11.7. The number of nitrogens with one attached hydrogen (secondary N) is 3. The van der Waals surface area contributed by atoms with Gasteiger partial charge in [0.15, 0.2) is 0 Å². The van der Waals surface area contributed by atoms with Gasteiger partial charge in [-0.1, -0.05) is 6.92 Å². The molecule has 2 amide bonds. The van der Waals surface area contributed by atoms with Crippen molar-refractivity contribution in [2.24, 2.45) is 0 Å². The van der Waals surface area contributed by atoms with Crippen LogP contribution in [-0.2, 0) is 9.59 Å². The number of amides is 2. The fraction of sp³-hybridized carbons (Fsp3) is 0.800. The van der Waals surface area contributed by atoms with Gasteiger partial charge in [-0.2, -0.15) is 0 Å². The Morgan fingerprint density at radius 2 is 1.81 bits per heavy atom. The number of carbonyl (C=O) groups is 2. The summed E-state index contributed by atoms with van der Waals surface area (Å²) in [7, 11) is 1.83. The molecule has 0 aliphatic carbocycles. The molecule has 1 unspecified atom stereocenters. The molecule has 1 atom stereocenters. The van der Waals surface area contributed by atoms with Crippen LogP contribution in [0.4, 0.5) is 0 Å². The molecular formula is C10H22ClN3O2. The van der Waals surface area contributed by atoms with Gasteiger partial charge < -0.3 is 16.0 Å². The normalized spacial score (nSPS) is 11.2. The molecule has 0 fully saturated rings. The van der Waals surface area contributed by atoms with Crippen LogP contribution >= 0.6 is 12.4 Å². The van der Waals surface area contributed by atoms with Crippen molar-refractivity contribution in [2.45, 2.75) is 32.7 Å². The lowest BCUT2D eigenvalue weighted by molar-refractivity contribution is -0.126. The molecule has 0 radical (unpaired) electrons. The summed E-state index contributed by atoms with van der Waals surface area (Å²) in [4.78, 5) is 22.3. The second kappa shape index (κ2) is 10.7. The Bertz CT molecular complexity index is 212. The third-order valence-electron chi connectivity index (χ3n) is 2.02. The van der Waals surface area contributed by atoms with Crippen LogP contribution < -0.4 is 16.0 Å². The molecule has 0 aliphatic rings. The number of halogens is 1. The van der Waals surface area contributed by atoms with Gasteiger partial charge in [0.1, 0.15) is 0 Å². The molecule has 16 heavy (non-hydrogen) atoms. The summed E-state index contributed by atoms with van der Waals surface area (Å²) in [5.41, 5.74) is 0. The summed E-state index contributed by atoms with van der Waals surface area (Å²) in [6, 6.07) is 0.236. The van der Waals surface area contributed by atoms with Crippen molar-refractivity contribution < 1.29 is 9.59 Å². The van der Waals surface area contributed by atoms with Gasteiger partial charge in [0, 0.05) is 19.0 Å². The van der Waals surface area contributed by atoms with Gasteiger partial charge in [-0.25, -0.2) is 0 Å². The van der Waals surface area contributed by atoms with E-state index in [9.17, 15) is 9.59 Å². The van der Waals surface area contributed by atoms with E-state index in [1.54, 1.807) is 0 Å². The summed E-state index contributed by atoms with van der Waals surface area (Å²) in [6.07, 6.45) is 1.27. The topological polar surface area (TPSA) is 70.2 Å². The lowest BCUT2D eigenvalue weighted by Crippen LogP contribution is -2.42. The monoisotopic (exact) mass is 251 g/mol. The fourth-order valence-electron chi connectivity index (χ4n) is 0.926. The number of likely N-dealkylation sites (N-methyl/N-ethyl adjacent to an activating group) is 1. The Labute approximate surface area is 103 Å². The van der Waals surface area contributed by atoms with E-state index in [1.165, 1.54) is 0 Å². The van der Waals surface area contributed by atoms with E-state index in [0.717, 1.165) is 6.42 Å². The van der Waals surface area contributed by atoms with E-state index in [2.05, 4.69) is 16.0 Å². The highest BCUT2D eigenvalue weighted by Gasteiger charge is 2.05. The highest BCUT2D eigenvalue weighted by molar-refractivity contribution is 5.85. The molecule has 0 heterocycles. The zero-order valence-electron chi connectivity index (χ0n) is 10.1. The molecule has 0 saturated carbocycles. The van der Waals surface area contributed by atoms with Crippen molar-refractivity contribution in [3.05, 3.63) is 0 Å². The van der Waals surface area contributed by atoms with Crippen molar-refractivity contribution in [1.82, 2.24) is 16.0 Å². The van der Waals surface area contributed by atoms with Crippen LogP contribution in [0, 0.1) is 0 Å². The first kappa shape index (κ1) is 17.6. The molecule has 0 spiro atoms. The van der Waals surface area contributed by atoms with E-state index in [0.29, 0.717) is 13.0 Å². The van der Waals surface area contributed by atoms with E-state index < -0.39 is 0 Å². The summed E-state index contributed by atoms with van der Waals surface area (Å²) in [5, 5.41) is 8.27. The van der Waals surface area contributed by atoms with Gasteiger partial charge in [0.25, 0.3) is 0 Å². The predicted molar refractivity (Wildman–Crippen MR) is 66.7 cm³/mol. The van der Waals surface area contributed by atoms with Crippen molar-refractivity contribution in [2.75, 3.05) is 20.1 Å². The largest absolute Gasteiger partial charge is 0.353 e. The SMILES string of the molecule is CCCC(=O)NCC(=O)NCC(C)NC.Cl. The maximum atomic E-state index is 11.2. The lowest BCUT2D eigenvalue weighted by atomic mass is 10.3. The fourth-order valence-corrected chi connectivity index (χ4v) is 0.926. The van der Waals surface area contributed by atoms with Gasteiger partial charge >= 0.3 is 0 Å². The van der Waals surface area contributed by atoms with Crippen molar-refractivity contribution >= 4 is 24.2 Å². The lowest BCUT2D eigenvalue weighted by Gasteiger charge is -2.11. The number of rotatable bonds is 7. The average molecular weight is 252 g/mol. The van der Waals surface area contributed by atoms with Gasteiger partial charge in [0.05, 0.1) is 6.54 Å². The third kappa shape index (κ3) is 9.73. The summed E-state index contributed by atoms with van der Waals surface area (Å²) >= 11 is 0. The van der Waals surface area contributed by atoms with Gasteiger partial charge in [-0.15, -0.1) is 12.4 Å². The summed E-state index contributed by atoms with van der Waals surface area (Å²) < 4.78 is 0. The maximum absolute atomic E-state index is 11.2. The molecule has 3 N–H and O–H groups in total. The van der Waals surface area contributed by atoms with Crippen molar-refractivity contribution in [3.8, 4) is 0 Å². The molecule has 5 nitrogen and oxygen atoms in total. The standard InChI is InChI=1S/C10H21N3O2.ClH/c1-4-5-9(14)13-7-10(15)12-6-8(2)11-3;/h8,11H,4-7H2,1-3H3,(H,12,15)(H,13,14);1H. The zero-order valence-corrected chi connectivity index (χ0v) is 10.9.